The Bertz CT molecular complexity index is 535. The van der Waals surface area contributed by atoms with Gasteiger partial charge in [0.05, 0.1) is 0 Å². The summed E-state index contributed by atoms with van der Waals surface area (Å²) in [5.41, 5.74) is 0. The van der Waals surface area contributed by atoms with E-state index in [0.29, 0.717) is 37.3 Å². The average Bonchev–Trinajstić information content (AvgIpc) is 2.71. The number of hydrogen-bond acceptors (Lipinski definition) is 4. The number of rotatable bonds is 4. The lowest BCUT2D eigenvalue weighted by molar-refractivity contribution is 0.463. The van der Waals surface area contributed by atoms with Crippen LogP contribution in [0.4, 0.5) is 5.82 Å². The molecule has 1 saturated heterocycles. The summed E-state index contributed by atoms with van der Waals surface area (Å²) in [4.78, 5) is 4.40. The van der Waals surface area contributed by atoms with Crippen molar-refractivity contribution in [2.45, 2.75) is 25.7 Å². The van der Waals surface area contributed by atoms with Crippen molar-refractivity contribution in [1.82, 2.24) is 9.29 Å². The summed E-state index contributed by atoms with van der Waals surface area (Å²) in [6, 6.07) is 3.28. The molecule has 1 aromatic rings. The van der Waals surface area contributed by atoms with E-state index < -0.39 is 10.0 Å². The minimum Gasteiger partial charge on any atom is -0.369 e. The minimum absolute atomic E-state index is 0.276. The maximum absolute atomic E-state index is 12.7. The van der Waals surface area contributed by atoms with Gasteiger partial charge >= 0.3 is 0 Å². The maximum Gasteiger partial charge on any atom is 0.246 e. The summed E-state index contributed by atoms with van der Waals surface area (Å²) < 4.78 is 26.9. The smallest absolute Gasteiger partial charge is 0.246 e. The molecule has 0 aliphatic carbocycles. The molecule has 0 aromatic carbocycles. The third-order valence-corrected chi connectivity index (χ3v) is 5.55. The molecule has 1 aliphatic rings. The van der Waals surface area contributed by atoms with Gasteiger partial charge in [0.1, 0.15) is 10.7 Å². The van der Waals surface area contributed by atoms with Gasteiger partial charge in [0.25, 0.3) is 0 Å². The van der Waals surface area contributed by atoms with Gasteiger partial charge in [-0.2, -0.15) is 4.31 Å². The quantitative estimate of drug-likeness (QED) is 0.915. The Labute approximate surface area is 115 Å². The maximum atomic E-state index is 12.7. The molecule has 0 radical (unpaired) electrons. The minimum atomic E-state index is -3.45. The van der Waals surface area contributed by atoms with Crippen LogP contribution in [0.1, 0.15) is 20.8 Å². The lowest BCUT2D eigenvalue weighted by Gasteiger charge is -2.18. The van der Waals surface area contributed by atoms with E-state index in [0.717, 1.165) is 0 Å². The van der Waals surface area contributed by atoms with E-state index in [4.69, 9.17) is 0 Å². The van der Waals surface area contributed by atoms with Crippen LogP contribution in [0.3, 0.4) is 0 Å². The number of nitrogens with one attached hydrogen (secondary N) is 1. The predicted molar refractivity (Wildman–Crippen MR) is 75.5 cm³/mol. The number of anilines is 1. The molecule has 2 unspecified atom stereocenters. The molecule has 6 heteroatoms. The zero-order chi connectivity index (χ0) is 14.0. The highest BCUT2D eigenvalue weighted by Gasteiger charge is 2.36. The Balaban J connectivity index is 2.35. The second-order valence-electron chi connectivity index (χ2n) is 5.16. The zero-order valence-corrected chi connectivity index (χ0v) is 12.4. The fourth-order valence-corrected chi connectivity index (χ4v) is 4.07. The van der Waals surface area contributed by atoms with Crippen LogP contribution >= 0.6 is 0 Å². The summed E-state index contributed by atoms with van der Waals surface area (Å²) in [7, 11) is -3.45. The molecule has 0 amide bonds. The van der Waals surface area contributed by atoms with Gasteiger partial charge in [-0.1, -0.05) is 13.8 Å². The first-order valence-electron chi connectivity index (χ1n) is 6.65. The van der Waals surface area contributed by atoms with E-state index in [1.165, 1.54) is 0 Å². The van der Waals surface area contributed by atoms with E-state index >= 15 is 0 Å². The van der Waals surface area contributed by atoms with Crippen molar-refractivity contribution in [2.24, 2.45) is 11.8 Å². The SMILES string of the molecule is CCNc1ncccc1S(=O)(=O)N1CC(C)C(C)C1. The van der Waals surface area contributed by atoms with Crippen molar-refractivity contribution in [3.63, 3.8) is 0 Å². The van der Waals surface area contributed by atoms with Crippen LogP contribution in [0.25, 0.3) is 0 Å². The Morgan fingerprint density at radius 1 is 1.37 bits per heavy atom. The molecule has 0 spiro atoms. The summed E-state index contributed by atoms with van der Waals surface area (Å²) in [5.74, 6) is 1.24. The first-order chi connectivity index (χ1) is 8.96. The van der Waals surface area contributed by atoms with Gasteiger partial charge in [-0.25, -0.2) is 13.4 Å². The highest BCUT2D eigenvalue weighted by Crippen LogP contribution is 2.30. The van der Waals surface area contributed by atoms with Crippen molar-refractivity contribution in [3.05, 3.63) is 18.3 Å². The fourth-order valence-electron chi connectivity index (χ4n) is 2.31. The van der Waals surface area contributed by atoms with Crippen molar-refractivity contribution < 1.29 is 8.42 Å². The van der Waals surface area contributed by atoms with Crippen molar-refractivity contribution >= 4 is 15.8 Å². The number of sulfonamides is 1. The molecule has 0 saturated carbocycles. The number of nitrogens with zero attached hydrogens (tertiary/aromatic N) is 2. The van der Waals surface area contributed by atoms with E-state index in [1.807, 2.05) is 6.92 Å². The lowest BCUT2D eigenvalue weighted by Crippen LogP contribution is -2.30. The normalized spacial score (nSPS) is 24.6. The Kier molecular flexibility index (Phi) is 4.10. The highest BCUT2D eigenvalue weighted by atomic mass is 32.2. The molecule has 2 atom stereocenters. The van der Waals surface area contributed by atoms with Gasteiger partial charge in [0.15, 0.2) is 0 Å². The van der Waals surface area contributed by atoms with Gasteiger partial charge in [0.2, 0.25) is 10.0 Å². The van der Waals surface area contributed by atoms with Crippen LogP contribution in [0.15, 0.2) is 23.2 Å². The second-order valence-corrected chi connectivity index (χ2v) is 7.06. The standard InChI is InChI=1S/C13H21N3O2S/c1-4-14-13-12(6-5-7-15-13)19(17,18)16-8-10(2)11(3)9-16/h5-7,10-11H,4,8-9H2,1-3H3,(H,14,15). The van der Waals surface area contributed by atoms with Crippen LogP contribution in [-0.4, -0.2) is 37.3 Å². The van der Waals surface area contributed by atoms with Crippen LogP contribution in [0.5, 0.6) is 0 Å². The van der Waals surface area contributed by atoms with Crippen LogP contribution in [-0.2, 0) is 10.0 Å². The van der Waals surface area contributed by atoms with Crippen molar-refractivity contribution in [2.75, 3.05) is 25.0 Å². The summed E-state index contributed by atoms with van der Waals surface area (Å²) in [5, 5.41) is 3.01. The number of aromatic nitrogens is 1. The van der Waals surface area contributed by atoms with Crippen LogP contribution in [0.2, 0.25) is 0 Å². The number of pyridine rings is 1. The number of hydrogen-bond donors (Lipinski definition) is 1. The molecule has 1 fully saturated rings. The Hall–Kier alpha value is -1.14. The molecule has 106 valence electrons. The molecule has 1 N–H and O–H groups in total. The van der Waals surface area contributed by atoms with Crippen LogP contribution < -0.4 is 5.32 Å². The van der Waals surface area contributed by atoms with E-state index in [-0.39, 0.29) is 4.90 Å². The van der Waals surface area contributed by atoms with E-state index in [1.54, 1.807) is 22.6 Å². The van der Waals surface area contributed by atoms with E-state index in [2.05, 4.69) is 24.1 Å². The molecule has 2 heterocycles. The second kappa shape index (κ2) is 5.46. The topological polar surface area (TPSA) is 62.3 Å². The zero-order valence-electron chi connectivity index (χ0n) is 11.6. The summed E-state index contributed by atoms with van der Waals surface area (Å²) in [6.45, 7) is 7.93. The van der Waals surface area contributed by atoms with Gasteiger partial charge in [0, 0.05) is 25.8 Å². The summed E-state index contributed by atoms with van der Waals surface area (Å²) >= 11 is 0. The predicted octanol–water partition coefficient (Wildman–Crippen LogP) is 1.79. The first kappa shape index (κ1) is 14.3. The van der Waals surface area contributed by atoms with Crippen molar-refractivity contribution in [3.8, 4) is 0 Å². The average molecular weight is 283 g/mol. The van der Waals surface area contributed by atoms with Gasteiger partial charge in [-0.05, 0) is 30.9 Å². The van der Waals surface area contributed by atoms with Gasteiger partial charge in [-0.15, -0.1) is 0 Å². The molecular formula is C13H21N3O2S. The third-order valence-electron chi connectivity index (χ3n) is 3.69. The first-order valence-corrected chi connectivity index (χ1v) is 8.09. The van der Waals surface area contributed by atoms with Crippen LogP contribution in [0, 0.1) is 11.8 Å². The van der Waals surface area contributed by atoms with Crippen molar-refractivity contribution in [1.29, 1.82) is 0 Å². The molecule has 1 aromatic heterocycles. The lowest BCUT2D eigenvalue weighted by atomic mass is 10.0. The monoisotopic (exact) mass is 283 g/mol. The Morgan fingerprint density at radius 3 is 2.58 bits per heavy atom. The van der Waals surface area contributed by atoms with Gasteiger partial charge < -0.3 is 5.32 Å². The Morgan fingerprint density at radius 2 is 2.00 bits per heavy atom. The molecular weight excluding hydrogens is 262 g/mol. The molecule has 19 heavy (non-hydrogen) atoms. The van der Waals surface area contributed by atoms with E-state index in [9.17, 15) is 8.42 Å². The highest BCUT2D eigenvalue weighted by molar-refractivity contribution is 7.89. The largest absolute Gasteiger partial charge is 0.369 e. The fraction of sp³-hybridized carbons (Fsp3) is 0.615. The van der Waals surface area contributed by atoms with Gasteiger partial charge in [-0.3, -0.25) is 0 Å². The molecule has 5 nitrogen and oxygen atoms in total. The molecule has 1 aliphatic heterocycles. The summed E-state index contributed by atoms with van der Waals surface area (Å²) in [6.07, 6.45) is 1.60. The molecule has 0 bridgehead atoms. The molecule has 2 rings (SSSR count). The third kappa shape index (κ3) is 2.74.